The Labute approximate surface area is 83.9 Å². The molecule has 14 heavy (non-hydrogen) atoms. The second-order valence-electron chi connectivity index (χ2n) is 3.30. The minimum atomic E-state index is -4.62. The first-order chi connectivity index (χ1) is 6.41. The van der Waals surface area contributed by atoms with Gasteiger partial charge in [-0.1, -0.05) is 0 Å². The molecule has 2 nitrogen and oxygen atoms in total. The summed E-state index contributed by atoms with van der Waals surface area (Å²) in [5.74, 6) is -3.11. The van der Waals surface area contributed by atoms with Gasteiger partial charge in [-0.2, -0.15) is 24.9 Å². The van der Waals surface area contributed by atoms with Gasteiger partial charge in [0, 0.05) is 5.25 Å². The minimum absolute atomic E-state index is 0.141. The average molecular weight is 228 g/mol. The highest BCUT2D eigenvalue weighted by molar-refractivity contribution is 8.00. The zero-order chi connectivity index (χ0) is 10.8. The van der Waals surface area contributed by atoms with Crippen LogP contribution < -0.4 is 0 Å². The van der Waals surface area contributed by atoms with Crippen LogP contribution in [0.2, 0.25) is 0 Å². The summed E-state index contributed by atoms with van der Waals surface area (Å²) in [6.45, 7) is 0. The van der Waals surface area contributed by atoms with Crippen LogP contribution in [0.4, 0.5) is 13.2 Å². The first kappa shape index (κ1) is 11.7. The molecule has 0 spiro atoms. The lowest BCUT2D eigenvalue weighted by molar-refractivity contribution is -0.194. The molecule has 1 saturated heterocycles. The number of aliphatic carboxylic acids is 1. The Morgan fingerprint density at radius 2 is 2.21 bits per heavy atom. The number of thioether (sulfide) groups is 1. The van der Waals surface area contributed by atoms with Crippen molar-refractivity contribution in [1.29, 1.82) is 0 Å². The van der Waals surface area contributed by atoms with Gasteiger partial charge in [-0.05, 0) is 25.0 Å². The maximum absolute atomic E-state index is 12.2. The average Bonchev–Trinajstić information content (AvgIpc) is 2.48. The van der Waals surface area contributed by atoms with Gasteiger partial charge in [-0.25, -0.2) is 0 Å². The van der Waals surface area contributed by atoms with E-state index in [0.29, 0.717) is 6.42 Å². The number of halogens is 3. The van der Waals surface area contributed by atoms with E-state index in [1.54, 1.807) is 0 Å². The molecular weight excluding hydrogens is 217 g/mol. The van der Waals surface area contributed by atoms with Crippen LogP contribution in [0.3, 0.4) is 0 Å². The molecule has 0 saturated carbocycles. The summed E-state index contributed by atoms with van der Waals surface area (Å²) in [6.07, 6.45) is -3.32. The third kappa shape index (κ3) is 3.08. The summed E-state index contributed by atoms with van der Waals surface area (Å²) in [5, 5.41) is 8.30. The van der Waals surface area contributed by atoms with Crippen LogP contribution in [0.15, 0.2) is 0 Å². The molecule has 0 bridgehead atoms. The van der Waals surface area contributed by atoms with Crippen LogP contribution in [0.5, 0.6) is 0 Å². The molecule has 1 fully saturated rings. The third-order valence-electron chi connectivity index (χ3n) is 2.22. The maximum Gasteiger partial charge on any atom is 0.402 e. The molecular formula is C8H11F3O2S. The summed E-state index contributed by atoms with van der Waals surface area (Å²) in [5.41, 5.74) is 0. The summed E-state index contributed by atoms with van der Waals surface area (Å²) in [6, 6.07) is 0. The molecule has 1 N–H and O–H groups in total. The van der Waals surface area contributed by atoms with Crippen molar-refractivity contribution in [3.63, 3.8) is 0 Å². The second kappa shape index (κ2) is 4.42. The molecule has 0 aromatic rings. The fraction of sp³-hybridized carbons (Fsp3) is 0.875. The molecule has 0 aromatic heterocycles. The van der Waals surface area contributed by atoms with Gasteiger partial charge in [-0.15, -0.1) is 0 Å². The van der Waals surface area contributed by atoms with Crippen LogP contribution in [0, 0.1) is 5.92 Å². The second-order valence-corrected chi connectivity index (χ2v) is 4.71. The summed E-state index contributed by atoms with van der Waals surface area (Å²) in [4.78, 5) is 10.4. The maximum atomic E-state index is 12.2. The van der Waals surface area contributed by atoms with E-state index in [9.17, 15) is 18.0 Å². The summed E-state index contributed by atoms with van der Waals surface area (Å²) >= 11 is 1.44. The van der Waals surface area contributed by atoms with Crippen molar-refractivity contribution in [3.05, 3.63) is 0 Å². The quantitative estimate of drug-likeness (QED) is 0.806. The molecule has 1 rings (SSSR count). The van der Waals surface area contributed by atoms with E-state index in [2.05, 4.69) is 0 Å². The van der Waals surface area contributed by atoms with E-state index in [4.69, 9.17) is 5.11 Å². The molecule has 2 atom stereocenters. The highest BCUT2D eigenvalue weighted by Gasteiger charge is 2.46. The predicted octanol–water partition coefficient (Wildman–Crippen LogP) is 2.54. The predicted molar refractivity (Wildman–Crippen MR) is 47.3 cm³/mol. The topological polar surface area (TPSA) is 37.3 Å². The van der Waals surface area contributed by atoms with Gasteiger partial charge in [0.15, 0.2) is 5.92 Å². The Morgan fingerprint density at radius 1 is 1.57 bits per heavy atom. The number of alkyl halides is 3. The van der Waals surface area contributed by atoms with Crippen molar-refractivity contribution < 1.29 is 23.1 Å². The van der Waals surface area contributed by atoms with Crippen molar-refractivity contribution in [2.45, 2.75) is 30.7 Å². The molecule has 1 aliphatic rings. The van der Waals surface area contributed by atoms with Crippen molar-refractivity contribution in [3.8, 4) is 0 Å². The van der Waals surface area contributed by atoms with Crippen LogP contribution >= 0.6 is 11.8 Å². The van der Waals surface area contributed by atoms with E-state index < -0.39 is 18.1 Å². The standard InChI is InChI=1S/C8H11F3O2S/c9-8(10,11)6(7(12)13)4-5-2-1-3-14-5/h5-6H,1-4H2,(H,12,13). The lowest BCUT2D eigenvalue weighted by Crippen LogP contribution is -2.32. The van der Waals surface area contributed by atoms with Gasteiger partial charge < -0.3 is 5.11 Å². The Balaban J connectivity index is 2.55. The monoisotopic (exact) mass is 228 g/mol. The first-order valence-electron chi connectivity index (χ1n) is 4.32. The van der Waals surface area contributed by atoms with E-state index >= 15 is 0 Å². The summed E-state index contributed by atoms with van der Waals surface area (Å²) < 4.78 is 36.7. The molecule has 1 heterocycles. The molecule has 0 amide bonds. The van der Waals surface area contributed by atoms with Crippen LogP contribution in [-0.2, 0) is 4.79 Å². The Bertz CT molecular complexity index is 211. The van der Waals surface area contributed by atoms with Gasteiger partial charge in [0.05, 0.1) is 0 Å². The molecule has 6 heteroatoms. The number of carbonyl (C=O) groups is 1. The summed E-state index contributed by atoms with van der Waals surface area (Å²) in [7, 11) is 0. The normalized spacial score (nSPS) is 24.9. The third-order valence-corrected chi connectivity index (χ3v) is 3.64. The van der Waals surface area contributed by atoms with Crippen LogP contribution in [0.1, 0.15) is 19.3 Å². The van der Waals surface area contributed by atoms with Gasteiger partial charge >= 0.3 is 12.1 Å². The molecule has 2 unspecified atom stereocenters. The first-order valence-corrected chi connectivity index (χ1v) is 5.37. The van der Waals surface area contributed by atoms with Crippen molar-refractivity contribution >= 4 is 17.7 Å². The fourth-order valence-electron chi connectivity index (χ4n) is 1.47. The Kier molecular flexibility index (Phi) is 3.69. The van der Waals surface area contributed by atoms with Crippen molar-refractivity contribution in [1.82, 2.24) is 0 Å². The molecule has 0 aliphatic carbocycles. The van der Waals surface area contributed by atoms with Crippen LogP contribution in [0.25, 0.3) is 0 Å². The molecule has 0 aromatic carbocycles. The van der Waals surface area contributed by atoms with Crippen LogP contribution in [-0.4, -0.2) is 28.3 Å². The van der Waals surface area contributed by atoms with E-state index in [1.807, 2.05) is 0 Å². The highest BCUT2D eigenvalue weighted by Crippen LogP contribution is 2.37. The van der Waals surface area contributed by atoms with E-state index in [-0.39, 0.29) is 11.7 Å². The zero-order valence-electron chi connectivity index (χ0n) is 7.38. The highest BCUT2D eigenvalue weighted by atomic mass is 32.2. The van der Waals surface area contributed by atoms with Gasteiger partial charge in [-0.3, -0.25) is 4.79 Å². The molecule has 1 aliphatic heterocycles. The number of rotatable bonds is 3. The largest absolute Gasteiger partial charge is 0.481 e. The van der Waals surface area contributed by atoms with Crippen molar-refractivity contribution in [2.24, 2.45) is 5.92 Å². The lowest BCUT2D eigenvalue weighted by Gasteiger charge is -2.18. The Morgan fingerprint density at radius 3 is 2.57 bits per heavy atom. The number of hydrogen-bond donors (Lipinski definition) is 1. The Hall–Kier alpha value is -0.390. The van der Waals surface area contributed by atoms with Gasteiger partial charge in [0.1, 0.15) is 0 Å². The number of hydrogen-bond acceptors (Lipinski definition) is 2. The van der Waals surface area contributed by atoms with E-state index in [0.717, 1.165) is 12.2 Å². The smallest absolute Gasteiger partial charge is 0.402 e. The van der Waals surface area contributed by atoms with Gasteiger partial charge in [0.25, 0.3) is 0 Å². The fourth-order valence-corrected chi connectivity index (χ4v) is 2.80. The van der Waals surface area contributed by atoms with Crippen molar-refractivity contribution in [2.75, 3.05) is 5.75 Å². The number of carboxylic acids is 1. The lowest BCUT2D eigenvalue weighted by atomic mass is 10.0. The number of carboxylic acid groups (broad SMARTS) is 1. The molecule has 82 valence electrons. The SMILES string of the molecule is O=C(O)C(CC1CCCS1)C(F)(F)F. The minimum Gasteiger partial charge on any atom is -0.481 e. The zero-order valence-corrected chi connectivity index (χ0v) is 8.20. The molecule has 0 radical (unpaired) electrons. The van der Waals surface area contributed by atoms with E-state index in [1.165, 1.54) is 11.8 Å². The van der Waals surface area contributed by atoms with Gasteiger partial charge in [0.2, 0.25) is 0 Å².